The van der Waals surface area contributed by atoms with Gasteiger partial charge in [-0.05, 0) is 30.5 Å². The molecular weight excluding hydrogens is 326 g/mol. The van der Waals surface area contributed by atoms with E-state index in [1.807, 2.05) is 24.3 Å². The van der Waals surface area contributed by atoms with Gasteiger partial charge in [0, 0.05) is 6.42 Å². The van der Waals surface area contributed by atoms with Gasteiger partial charge in [0.2, 0.25) is 0 Å². The normalized spacial score (nSPS) is 11.1. The van der Waals surface area contributed by atoms with Gasteiger partial charge in [-0.25, -0.2) is 14.6 Å². The lowest BCUT2D eigenvalue weighted by Gasteiger charge is -2.02. The smallest absolute Gasteiger partial charge is 0.155 e. The summed E-state index contributed by atoms with van der Waals surface area (Å²) in [5.74, 6) is 1.22. The minimum atomic E-state index is 0.148. The van der Waals surface area contributed by atoms with E-state index in [-0.39, 0.29) is 5.75 Å². The first-order chi connectivity index (χ1) is 12.7. The molecule has 130 valence electrons. The molecule has 6 nitrogen and oxygen atoms in total. The summed E-state index contributed by atoms with van der Waals surface area (Å²) in [6.45, 7) is 0. The predicted molar refractivity (Wildman–Crippen MR) is 101 cm³/mol. The van der Waals surface area contributed by atoms with Crippen molar-refractivity contribution in [2.75, 3.05) is 5.73 Å². The van der Waals surface area contributed by atoms with Crippen LogP contribution in [0.25, 0.3) is 16.7 Å². The Bertz CT molecular complexity index is 1040. The van der Waals surface area contributed by atoms with Crippen molar-refractivity contribution in [1.29, 1.82) is 0 Å². The molecule has 4 aromatic rings. The highest BCUT2D eigenvalue weighted by molar-refractivity contribution is 5.84. The molecule has 0 atom stereocenters. The predicted octanol–water partition coefficient (Wildman–Crippen LogP) is 3.28. The van der Waals surface area contributed by atoms with Gasteiger partial charge in [-0.3, -0.25) is 0 Å². The fourth-order valence-electron chi connectivity index (χ4n) is 2.97. The van der Waals surface area contributed by atoms with Gasteiger partial charge in [0.05, 0.1) is 6.20 Å². The number of aryl methyl sites for hydroxylation is 2. The number of fused-ring (bicyclic) bond motifs is 1. The summed E-state index contributed by atoms with van der Waals surface area (Å²) < 4.78 is 1.58. The van der Waals surface area contributed by atoms with Crippen LogP contribution in [-0.2, 0) is 12.8 Å². The van der Waals surface area contributed by atoms with Crippen molar-refractivity contribution in [3.8, 4) is 11.4 Å². The van der Waals surface area contributed by atoms with E-state index in [2.05, 4.69) is 27.2 Å². The van der Waals surface area contributed by atoms with Crippen molar-refractivity contribution in [3.63, 3.8) is 0 Å². The minimum Gasteiger partial charge on any atom is -0.506 e. The third kappa shape index (κ3) is 3.21. The van der Waals surface area contributed by atoms with E-state index in [4.69, 9.17) is 5.73 Å². The molecule has 26 heavy (non-hydrogen) atoms. The van der Waals surface area contributed by atoms with E-state index in [0.717, 1.165) is 19.3 Å². The Kier molecular flexibility index (Phi) is 4.23. The van der Waals surface area contributed by atoms with Crippen molar-refractivity contribution in [1.82, 2.24) is 19.7 Å². The Morgan fingerprint density at radius 3 is 2.50 bits per heavy atom. The van der Waals surface area contributed by atoms with Crippen molar-refractivity contribution >= 4 is 16.9 Å². The molecule has 0 saturated carbocycles. The number of anilines is 1. The maximum atomic E-state index is 10.0. The molecule has 4 rings (SSSR count). The van der Waals surface area contributed by atoms with Crippen LogP contribution in [0.15, 0.2) is 60.8 Å². The molecule has 6 heteroatoms. The number of hydrogen-bond donors (Lipinski definition) is 2. The zero-order valence-corrected chi connectivity index (χ0v) is 14.2. The summed E-state index contributed by atoms with van der Waals surface area (Å²) >= 11 is 0. The van der Waals surface area contributed by atoms with E-state index >= 15 is 0 Å². The van der Waals surface area contributed by atoms with Crippen LogP contribution in [-0.4, -0.2) is 24.9 Å². The second-order valence-electron chi connectivity index (χ2n) is 6.16. The average Bonchev–Trinajstić information content (AvgIpc) is 3.07. The van der Waals surface area contributed by atoms with Crippen LogP contribution < -0.4 is 5.73 Å². The van der Waals surface area contributed by atoms with Crippen molar-refractivity contribution in [2.24, 2.45) is 0 Å². The molecule has 0 aliphatic carbocycles. The van der Waals surface area contributed by atoms with Gasteiger partial charge >= 0.3 is 0 Å². The van der Waals surface area contributed by atoms with Gasteiger partial charge in [-0.15, -0.1) is 0 Å². The number of phenols is 1. The minimum absolute atomic E-state index is 0.148. The molecular formula is C20H19N5O. The van der Waals surface area contributed by atoms with Gasteiger partial charge < -0.3 is 10.8 Å². The number of para-hydroxylation sites is 2. The van der Waals surface area contributed by atoms with Crippen LogP contribution in [0.4, 0.5) is 5.82 Å². The Labute approximate surface area is 151 Å². The first-order valence-corrected chi connectivity index (χ1v) is 8.55. The van der Waals surface area contributed by atoms with Crippen LogP contribution >= 0.6 is 0 Å². The average molecular weight is 345 g/mol. The maximum absolute atomic E-state index is 10.0. The Morgan fingerprint density at radius 1 is 0.923 bits per heavy atom. The fraction of sp³-hybridized carbons (Fsp3) is 0.150. The number of hydrogen-bond acceptors (Lipinski definition) is 5. The van der Waals surface area contributed by atoms with Gasteiger partial charge in [-0.2, -0.15) is 5.10 Å². The highest BCUT2D eigenvalue weighted by Crippen LogP contribution is 2.24. The van der Waals surface area contributed by atoms with Gasteiger partial charge in [0.1, 0.15) is 22.8 Å². The highest BCUT2D eigenvalue weighted by Gasteiger charge is 2.12. The zero-order chi connectivity index (χ0) is 17.9. The topological polar surface area (TPSA) is 89.8 Å². The maximum Gasteiger partial charge on any atom is 0.155 e. The number of aromatic nitrogens is 4. The Morgan fingerprint density at radius 2 is 1.69 bits per heavy atom. The van der Waals surface area contributed by atoms with E-state index in [1.54, 1.807) is 29.1 Å². The Balaban J connectivity index is 1.57. The molecule has 0 saturated heterocycles. The second-order valence-corrected chi connectivity index (χ2v) is 6.16. The molecule has 2 heterocycles. The summed E-state index contributed by atoms with van der Waals surface area (Å²) in [5.41, 5.74) is 9.18. The lowest BCUT2D eigenvalue weighted by atomic mass is 10.1. The molecule has 0 aliphatic rings. The van der Waals surface area contributed by atoms with E-state index < -0.39 is 0 Å². The van der Waals surface area contributed by atoms with E-state index in [1.165, 1.54) is 5.56 Å². The van der Waals surface area contributed by atoms with Gasteiger partial charge in [0.15, 0.2) is 11.3 Å². The molecule has 0 spiro atoms. The lowest BCUT2D eigenvalue weighted by molar-refractivity contribution is 0.470. The summed E-state index contributed by atoms with van der Waals surface area (Å²) in [5, 5.41) is 14.4. The van der Waals surface area contributed by atoms with Gasteiger partial charge in [-0.1, -0.05) is 42.5 Å². The summed E-state index contributed by atoms with van der Waals surface area (Å²) in [6.07, 6.45) is 4.43. The first-order valence-electron chi connectivity index (χ1n) is 8.55. The van der Waals surface area contributed by atoms with Crippen molar-refractivity contribution < 1.29 is 5.11 Å². The van der Waals surface area contributed by atoms with Gasteiger partial charge in [0.25, 0.3) is 0 Å². The van der Waals surface area contributed by atoms with Crippen LogP contribution in [0.1, 0.15) is 17.8 Å². The third-order valence-corrected chi connectivity index (χ3v) is 4.27. The SMILES string of the molecule is Nc1nc(CCCc2ccccc2)nc2cn(-c3ccccc3O)nc12. The standard InChI is InChI=1S/C20H19N5O/c21-20-19-15(13-25(24-19)16-10-4-5-11-17(16)26)22-18(23-20)12-6-9-14-7-2-1-3-8-14/h1-5,7-8,10-11,13,26H,6,9,12H2,(H2,21,22,23). The monoisotopic (exact) mass is 345 g/mol. The fourth-order valence-corrected chi connectivity index (χ4v) is 2.97. The number of nitrogens with two attached hydrogens (primary N) is 1. The molecule has 2 aromatic carbocycles. The number of nitrogens with zero attached hydrogens (tertiary/aromatic N) is 4. The van der Waals surface area contributed by atoms with Crippen LogP contribution in [0.3, 0.4) is 0 Å². The molecule has 3 N–H and O–H groups in total. The highest BCUT2D eigenvalue weighted by atomic mass is 16.3. The first kappa shape index (κ1) is 16.1. The second kappa shape index (κ2) is 6.84. The molecule has 0 aliphatic heterocycles. The van der Waals surface area contributed by atoms with E-state index in [9.17, 15) is 5.11 Å². The number of benzene rings is 2. The lowest BCUT2D eigenvalue weighted by Crippen LogP contribution is -2.01. The molecule has 0 bridgehead atoms. The molecule has 2 aromatic heterocycles. The van der Waals surface area contributed by atoms with Crippen LogP contribution in [0.5, 0.6) is 5.75 Å². The number of rotatable bonds is 5. The zero-order valence-electron chi connectivity index (χ0n) is 14.2. The number of nitrogen functional groups attached to an aromatic ring is 1. The molecule has 0 radical (unpaired) electrons. The summed E-state index contributed by atoms with van der Waals surface area (Å²) in [4.78, 5) is 8.98. The number of aromatic hydroxyl groups is 1. The molecule has 0 amide bonds. The Hall–Kier alpha value is -3.41. The van der Waals surface area contributed by atoms with Crippen LogP contribution in [0.2, 0.25) is 0 Å². The largest absolute Gasteiger partial charge is 0.506 e. The van der Waals surface area contributed by atoms with Crippen molar-refractivity contribution in [2.45, 2.75) is 19.3 Å². The number of phenolic OH excluding ortho intramolecular Hbond substituents is 1. The molecule has 0 unspecified atom stereocenters. The summed E-state index contributed by atoms with van der Waals surface area (Å²) in [7, 11) is 0. The van der Waals surface area contributed by atoms with Crippen molar-refractivity contribution in [3.05, 3.63) is 72.2 Å². The quantitative estimate of drug-likeness (QED) is 0.579. The molecule has 0 fully saturated rings. The van der Waals surface area contributed by atoms with Crippen LogP contribution in [0, 0.1) is 0 Å². The van der Waals surface area contributed by atoms with E-state index in [0.29, 0.717) is 28.4 Å². The third-order valence-electron chi connectivity index (χ3n) is 4.27. The summed E-state index contributed by atoms with van der Waals surface area (Å²) in [6, 6.07) is 17.4.